The highest BCUT2D eigenvalue weighted by Crippen LogP contribution is 2.11. The summed E-state index contributed by atoms with van der Waals surface area (Å²) < 4.78 is 5.06. The first kappa shape index (κ1) is 19.8. The topological polar surface area (TPSA) is 87.7 Å². The molecule has 2 N–H and O–H groups in total. The van der Waals surface area contributed by atoms with Crippen LogP contribution in [-0.2, 0) is 14.3 Å². The minimum atomic E-state index is -0.793. The van der Waals surface area contributed by atoms with Gasteiger partial charge in [-0.1, -0.05) is 24.6 Å². The molecule has 0 aromatic heterocycles. The molecule has 7 nitrogen and oxygen atoms in total. The van der Waals surface area contributed by atoms with Gasteiger partial charge in [-0.3, -0.25) is 19.7 Å². The molecule has 1 atom stereocenters. The second-order valence-electron chi connectivity index (χ2n) is 6.05. The van der Waals surface area contributed by atoms with Crippen LogP contribution >= 0.6 is 12.2 Å². The van der Waals surface area contributed by atoms with Crippen molar-refractivity contribution in [2.45, 2.75) is 32.7 Å². The highest BCUT2D eigenvalue weighted by molar-refractivity contribution is 7.80. The Labute approximate surface area is 158 Å². The molecule has 1 aromatic rings. The Morgan fingerprint density at radius 2 is 2.04 bits per heavy atom. The summed E-state index contributed by atoms with van der Waals surface area (Å²) in [5.74, 6) is -1.13. The van der Waals surface area contributed by atoms with Crippen molar-refractivity contribution in [3.63, 3.8) is 0 Å². The van der Waals surface area contributed by atoms with Crippen molar-refractivity contribution >= 4 is 35.1 Å². The lowest BCUT2D eigenvalue weighted by Gasteiger charge is -2.36. The highest BCUT2D eigenvalue weighted by atomic mass is 32.1. The smallest absolute Gasteiger partial charge is 0.308 e. The molecule has 0 spiro atoms. The number of rotatable bonds is 5. The summed E-state index contributed by atoms with van der Waals surface area (Å²) >= 11 is 5.31. The van der Waals surface area contributed by atoms with E-state index in [-0.39, 0.29) is 23.3 Å². The minimum absolute atomic E-state index is 0.119. The third-order valence-electron chi connectivity index (χ3n) is 3.95. The zero-order valence-electron chi connectivity index (χ0n) is 14.9. The van der Waals surface area contributed by atoms with Gasteiger partial charge >= 0.3 is 5.97 Å². The Bertz CT molecular complexity index is 690. The number of amides is 2. The SMILES string of the molecule is CCCOC(=O)C[C@H]1C(=O)NCCN1C(=S)NC(=O)c1ccc(C)cc1. The van der Waals surface area contributed by atoms with Gasteiger partial charge in [0.15, 0.2) is 5.11 Å². The average Bonchev–Trinajstić information content (AvgIpc) is 2.62. The number of nitrogens with zero attached hydrogens (tertiary/aromatic N) is 1. The van der Waals surface area contributed by atoms with E-state index in [2.05, 4.69) is 10.6 Å². The Kier molecular flexibility index (Phi) is 7.08. The quantitative estimate of drug-likeness (QED) is 0.591. The van der Waals surface area contributed by atoms with Crippen LogP contribution in [0, 0.1) is 6.92 Å². The lowest BCUT2D eigenvalue weighted by Crippen LogP contribution is -2.60. The number of carbonyl (C=O) groups excluding carboxylic acids is 3. The molecule has 1 saturated heterocycles. The predicted octanol–water partition coefficient (Wildman–Crippen LogP) is 1.15. The Hall–Kier alpha value is -2.48. The second kappa shape index (κ2) is 9.28. The molecule has 1 fully saturated rings. The molecule has 0 unspecified atom stereocenters. The molecular formula is C18H23N3O4S. The first-order valence-corrected chi connectivity index (χ1v) is 8.95. The molecule has 0 bridgehead atoms. The normalized spacial score (nSPS) is 16.6. The van der Waals surface area contributed by atoms with Gasteiger partial charge in [-0.25, -0.2) is 0 Å². The fourth-order valence-electron chi connectivity index (χ4n) is 2.54. The van der Waals surface area contributed by atoms with Crippen LogP contribution in [0.3, 0.4) is 0 Å². The van der Waals surface area contributed by atoms with Crippen LogP contribution in [0.15, 0.2) is 24.3 Å². The number of hydrogen-bond donors (Lipinski definition) is 2. The number of nitrogens with one attached hydrogen (secondary N) is 2. The lowest BCUT2D eigenvalue weighted by atomic mass is 10.1. The van der Waals surface area contributed by atoms with Gasteiger partial charge < -0.3 is 15.0 Å². The fraction of sp³-hybridized carbons (Fsp3) is 0.444. The molecule has 1 heterocycles. The Morgan fingerprint density at radius 3 is 2.69 bits per heavy atom. The standard InChI is InChI=1S/C18H23N3O4S/c1-3-10-25-15(22)11-14-17(24)19-8-9-21(14)18(26)20-16(23)13-6-4-12(2)5-7-13/h4-7,14H,3,8-11H2,1-2H3,(H,19,24)(H,20,23,26)/t14-/m0/s1. The molecule has 8 heteroatoms. The number of aryl methyl sites for hydroxylation is 1. The third kappa shape index (κ3) is 5.26. The summed E-state index contributed by atoms with van der Waals surface area (Å²) in [4.78, 5) is 38.0. The molecular weight excluding hydrogens is 354 g/mol. The summed E-state index contributed by atoms with van der Waals surface area (Å²) in [6, 6.07) is 6.28. The molecule has 2 amide bonds. The van der Waals surface area contributed by atoms with Crippen LogP contribution in [0.5, 0.6) is 0 Å². The second-order valence-corrected chi connectivity index (χ2v) is 6.44. The molecule has 1 aliphatic heterocycles. The van der Waals surface area contributed by atoms with E-state index in [1.54, 1.807) is 17.0 Å². The van der Waals surface area contributed by atoms with Crippen LogP contribution < -0.4 is 10.6 Å². The number of thiocarbonyl (C=S) groups is 1. The lowest BCUT2D eigenvalue weighted by molar-refractivity contribution is -0.147. The number of benzene rings is 1. The first-order chi connectivity index (χ1) is 12.4. The van der Waals surface area contributed by atoms with Crippen LogP contribution in [0.25, 0.3) is 0 Å². The van der Waals surface area contributed by atoms with Crippen molar-refractivity contribution in [1.29, 1.82) is 0 Å². The molecule has 0 radical (unpaired) electrons. The van der Waals surface area contributed by atoms with Gasteiger partial charge in [-0.15, -0.1) is 0 Å². The van der Waals surface area contributed by atoms with E-state index in [1.807, 2.05) is 26.0 Å². The molecule has 2 rings (SSSR count). The number of esters is 1. The predicted molar refractivity (Wildman–Crippen MR) is 101 cm³/mol. The third-order valence-corrected chi connectivity index (χ3v) is 4.29. The number of hydrogen-bond acceptors (Lipinski definition) is 5. The van der Waals surface area contributed by atoms with Crippen molar-refractivity contribution < 1.29 is 19.1 Å². The summed E-state index contributed by atoms with van der Waals surface area (Å²) in [6.45, 7) is 4.93. The zero-order valence-corrected chi connectivity index (χ0v) is 15.7. The van der Waals surface area contributed by atoms with Crippen molar-refractivity contribution in [1.82, 2.24) is 15.5 Å². The van der Waals surface area contributed by atoms with Crippen molar-refractivity contribution in [2.75, 3.05) is 19.7 Å². The van der Waals surface area contributed by atoms with Crippen LogP contribution in [0.2, 0.25) is 0 Å². The van der Waals surface area contributed by atoms with E-state index in [4.69, 9.17) is 17.0 Å². The van der Waals surface area contributed by atoms with E-state index < -0.39 is 12.0 Å². The van der Waals surface area contributed by atoms with E-state index >= 15 is 0 Å². The van der Waals surface area contributed by atoms with Crippen LogP contribution in [0.4, 0.5) is 0 Å². The molecule has 0 saturated carbocycles. The van der Waals surface area contributed by atoms with E-state index in [0.29, 0.717) is 31.7 Å². The van der Waals surface area contributed by atoms with Gasteiger partial charge in [0.2, 0.25) is 5.91 Å². The molecule has 140 valence electrons. The molecule has 1 aliphatic rings. The molecule has 26 heavy (non-hydrogen) atoms. The number of carbonyl (C=O) groups is 3. The van der Waals surface area contributed by atoms with Gasteiger partial charge in [-0.05, 0) is 37.7 Å². The van der Waals surface area contributed by atoms with Crippen molar-refractivity contribution in [3.05, 3.63) is 35.4 Å². The molecule has 0 aliphatic carbocycles. The summed E-state index contributed by atoms with van der Waals surface area (Å²) in [5.41, 5.74) is 1.51. The Balaban J connectivity index is 2.03. The zero-order chi connectivity index (χ0) is 19.1. The summed E-state index contributed by atoms with van der Waals surface area (Å²) in [5, 5.41) is 5.47. The van der Waals surface area contributed by atoms with Crippen molar-refractivity contribution in [2.24, 2.45) is 0 Å². The average molecular weight is 377 g/mol. The van der Waals surface area contributed by atoms with Gasteiger partial charge in [-0.2, -0.15) is 0 Å². The van der Waals surface area contributed by atoms with Crippen LogP contribution in [-0.4, -0.2) is 53.5 Å². The summed E-state index contributed by atoms with van der Waals surface area (Å²) in [6.07, 6.45) is 0.587. The maximum absolute atomic E-state index is 12.3. The van der Waals surface area contributed by atoms with Crippen LogP contribution in [0.1, 0.15) is 35.7 Å². The first-order valence-electron chi connectivity index (χ1n) is 8.54. The van der Waals surface area contributed by atoms with E-state index in [1.165, 1.54) is 0 Å². The largest absolute Gasteiger partial charge is 0.466 e. The van der Waals surface area contributed by atoms with Gasteiger partial charge in [0.25, 0.3) is 5.91 Å². The maximum atomic E-state index is 12.3. The van der Waals surface area contributed by atoms with Gasteiger partial charge in [0.05, 0.1) is 13.0 Å². The highest BCUT2D eigenvalue weighted by Gasteiger charge is 2.34. The summed E-state index contributed by atoms with van der Waals surface area (Å²) in [7, 11) is 0. The Morgan fingerprint density at radius 1 is 1.35 bits per heavy atom. The van der Waals surface area contributed by atoms with E-state index in [9.17, 15) is 14.4 Å². The number of ether oxygens (including phenoxy) is 1. The maximum Gasteiger partial charge on any atom is 0.308 e. The minimum Gasteiger partial charge on any atom is -0.466 e. The number of piperazine rings is 1. The van der Waals surface area contributed by atoms with Gasteiger partial charge in [0.1, 0.15) is 6.04 Å². The monoisotopic (exact) mass is 377 g/mol. The van der Waals surface area contributed by atoms with Crippen molar-refractivity contribution in [3.8, 4) is 0 Å². The molecule has 1 aromatic carbocycles. The van der Waals surface area contributed by atoms with Gasteiger partial charge in [0, 0.05) is 18.7 Å². The van der Waals surface area contributed by atoms with E-state index in [0.717, 1.165) is 5.56 Å². The fourth-order valence-corrected chi connectivity index (χ4v) is 2.85.